The van der Waals surface area contributed by atoms with Crippen molar-refractivity contribution in [2.75, 3.05) is 13.2 Å². The second-order valence-electron chi connectivity index (χ2n) is 7.42. The van der Waals surface area contributed by atoms with Gasteiger partial charge < -0.3 is 15.0 Å². The molecule has 0 radical (unpaired) electrons. The van der Waals surface area contributed by atoms with Crippen LogP contribution in [0.25, 0.3) is 0 Å². The van der Waals surface area contributed by atoms with Crippen LogP contribution >= 0.6 is 11.6 Å². The van der Waals surface area contributed by atoms with E-state index >= 15 is 0 Å². The highest BCUT2D eigenvalue weighted by molar-refractivity contribution is 6.30. The van der Waals surface area contributed by atoms with Gasteiger partial charge in [0.25, 0.3) is 5.91 Å². The predicted octanol–water partition coefficient (Wildman–Crippen LogP) is 4.67. The number of ether oxygens (including phenoxy) is 1. The zero-order valence-electron chi connectivity index (χ0n) is 18.2. The molecule has 2 aromatic rings. The van der Waals surface area contributed by atoms with E-state index in [2.05, 4.69) is 5.32 Å². The number of amides is 2. The van der Waals surface area contributed by atoms with Crippen LogP contribution in [0.4, 0.5) is 0 Å². The zero-order valence-corrected chi connectivity index (χ0v) is 19.0. The van der Waals surface area contributed by atoms with Gasteiger partial charge in [0.2, 0.25) is 5.91 Å². The van der Waals surface area contributed by atoms with Gasteiger partial charge in [0, 0.05) is 18.1 Å². The molecule has 162 valence electrons. The van der Waals surface area contributed by atoms with Crippen LogP contribution in [0.1, 0.15) is 43.4 Å². The van der Waals surface area contributed by atoms with E-state index in [0.29, 0.717) is 30.3 Å². The van der Waals surface area contributed by atoms with E-state index in [1.54, 1.807) is 17.0 Å². The number of benzene rings is 2. The van der Waals surface area contributed by atoms with E-state index in [0.717, 1.165) is 23.1 Å². The fourth-order valence-corrected chi connectivity index (χ4v) is 3.28. The molecule has 1 atom stereocenters. The van der Waals surface area contributed by atoms with Crippen LogP contribution in [0.5, 0.6) is 5.75 Å². The molecule has 0 aliphatic carbocycles. The minimum atomic E-state index is -0.568. The van der Waals surface area contributed by atoms with Gasteiger partial charge in [-0.3, -0.25) is 9.59 Å². The lowest BCUT2D eigenvalue weighted by Crippen LogP contribution is -2.50. The topological polar surface area (TPSA) is 58.6 Å². The molecular formula is C24H31ClN2O3. The average molecular weight is 431 g/mol. The summed E-state index contributed by atoms with van der Waals surface area (Å²) in [6, 6.07) is 12.6. The molecule has 1 N–H and O–H groups in total. The maximum atomic E-state index is 13.2. The minimum Gasteiger partial charge on any atom is -0.483 e. The van der Waals surface area contributed by atoms with E-state index in [1.165, 1.54) is 0 Å². The van der Waals surface area contributed by atoms with Gasteiger partial charge in [0.15, 0.2) is 6.61 Å². The standard InChI is InChI=1S/C24H31ClN2O3/c1-5-13-26-24(29)21(6-2)27(15-19-9-11-20(25)12-10-19)23(28)16-30-22-14-17(3)7-8-18(22)4/h7-12,14,21H,5-6,13,15-16H2,1-4H3,(H,26,29). The van der Waals surface area contributed by atoms with Gasteiger partial charge in [0.1, 0.15) is 11.8 Å². The summed E-state index contributed by atoms with van der Waals surface area (Å²) in [4.78, 5) is 27.5. The van der Waals surface area contributed by atoms with Crippen LogP contribution in [0, 0.1) is 13.8 Å². The van der Waals surface area contributed by atoms with Crippen molar-refractivity contribution >= 4 is 23.4 Å². The molecular weight excluding hydrogens is 400 g/mol. The summed E-state index contributed by atoms with van der Waals surface area (Å²) in [5.74, 6) is 0.302. The van der Waals surface area contributed by atoms with Gasteiger partial charge in [-0.15, -0.1) is 0 Å². The van der Waals surface area contributed by atoms with Crippen molar-refractivity contribution in [1.29, 1.82) is 0 Å². The first-order valence-corrected chi connectivity index (χ1v) is 10.7. The Morgan fingerprint density at radius 2 is 1.80 bits per heavy atom. The third-order valence-electron chi connectivity index (χ3n) is 4.90. The number of carbonyl (C=O) groups is 2. The summed E-state index contributed by atoms with van der Waals surface area (Å²) in [7, 11) is 0. The van der Waals surface area contributed by atoms with Crippen molar-refractivity contribution in [3.8, 4) is 5.75 Å². The molecule has 6 heteroatoms. The van der Waals surface area contributed by atoms with E-state index in [4.69, 9.17) is 16.3 Å². The number of carbonyl (C=O) groups excluding carboxylic acids is 2. The maximum absolute atomic E-state index is 13.2. The highest BCUT2D eigenvalue weighted by atomic mass is 35.5. The Morgan fingerprint density at radius 3 is 2.43 bits per heavy atom. The van der Waals surface area contributed by atoms with Crippen LogP contribution in [0.15, 0.2) is 42.5 Å². The van der Waals surface area contributed by atoms with Gasteiger partial charge in [-0.1, -0.05) is 49.7 Å². The van der Waals surface area contributed by atoms with Gasteiger partial charge >= 0.3 is 0 Å². The Kier molecular flexibility index (Phi) is 9.18. The van der Waals surface area contributed by atoms with Crippen LogP contribution in [-0.4, -0.2) is 35.9 Å². The molecule has 0 aliphatic rings. The normalized spacial score (nSPS) is 11.6. The monoisotopic (exact) mass is 430 g/mol. The van der Waals surface area contributed by atoms with Crippen LogP contribution in [-0.2, 0) is 16.1 Å². The molecule has 5 nitrogen and oxygen atoms in total. The van der Waals surface area contributed by atoms with Gasteiger partial charge in [-0.05, 0) is 61.6 Å². The number of halogens is 1. The van der Waals surface area contributed by atoms with Crippen LogP contribution in [0.2, 0.25) is 5.02 Å². The summed E-state index contributed by atoms with van der Waals surface area (Å²) in [5.41, 5.74) is 2.93. The summed E-state index contributed by atoms with van der Waals surface area (Å²) < 4.78 is 5.83. The third kappa shape index (κ3) is 6.77. The zero-order chi connectivity index (χ0) is 22.1. The maximum Gasteiger partial charge on any atom is 0.261 e. The summed E-state index contributed by atoms with van der Waals surface area (Å²) in [6.07, 6.45) is 1.35. The lowest BCUT2D eigenvalue weighted by Gasteiger charge is -2.30. The quantitative estimate of drug-likeness (QED) is 0.595. The first-order valence-electron chi connectivity index (χ1n) is 10.4. The average Bonchev–Trinajstić information content (AvgIpc) is 2.73. The molecule has 0 fully saturated rings. The first kappa shape index (κ1) is 23.7. The molecule has 0 aliphatic heterocycles. The van der Waals surface area contributed by atoms with Crippen molar-refractivity contribution < 1.29 is 14.3 Å². The molecule has 0 saturated carbocycles. The number of rotatable bonds is 10. The fourth-order valence-electron chi connectivity index (χ4n) is 3.16. The van der Waals surface area contributed by atoms with Gasteiger partial charge in [-0.25, -0.2) is 0 Å². The van der Waals surface area contributed by atoms with E-state index in [-0.39, 0.29) is 18.4 Å². The molecule has 0 bridgehead atoms. The van der Waals surface area contributed by atoms with Crippen molar-refractivity contribution in [2.24, 2.45) is 0 Å². The van der Waals surface area contributed by atoms with E-state index in [1.807, 2.05) is 58.0 Å². The molecule has 2 rings (SSSR count). The second-order valence-corrected chi connectivity index (χ2v) is 7.86. The lowest BCUT2D eigenvalue weighted by atomic mass is 10.1. The fraction of sp³-hybridized carbons (Fsp3) is 0.417. The lowest BCUT2D eigenvalue weighted by molar-refractivity contribution is -0.143. The van der Waals surface area contributed by atoms with Crippen molar-refractivity contribution in [1.82, 2.24) is 10.2 Å². The highest BCUT2D eigenvalue weighted by Gasteiger charge is 2.28. The number of nitrogens with one attached hydrogen (secondary N) is 1. The number of hydrogen-bond donors (Lipinski definition) is 1. The molecule has 0 saturated heterocycles. The van der Waals surface area contributed by atoms with Gasteiger partial charge in [-0.2, -0.15) is 0 Å². The summed E-state index contributed by atoms with van der Waals surface area (Å²) in [6.45, 7) is 8.58. The molecule has 1 unspecified atom stereocenters. The van der Waals surface area contributed by atoms with E-state index < -0.39 is 6.04 Å². The Balaban J connectivity index is 2.21. The Morgan fingerprint density at radius 1 is 1.10 bits per heavy atom. The number of aryl methyl sites for hydroxylation is 2. The molecule has 0 aromatic heterocycles. The molecule has 2 amide bonds. The third-order valence-corrected chi connectivity index (χ3v) is 5.15. The minimum absolute atomic E-state index is 0.130. The number of hydrogen-bond acceptors (Lipinski definition) is 3. The number of nitrogens with zero attached hydrogens (tertiary/aromatic N) is 1. The Labute approximate surface area is 184 Å². The Bertz CT molecular complexity index is 852. The predicted molar refractivity (Wildman–Crippen MR) is 121 cm³/mol. The van der Waals surface area contributed by atoms with Crippen molar-refractivity contribution in [3.05, 3.63) is 64.2 Å². The van der Waals surface area contributed by atoms with E-state index in [9.17, 15) is 9.59 Å². The smallest absolute Gasteiger partial charge is 0.261 e. The van der Waals surface area contributed by atoms with Crippen molar-refractivity contribution in [2.45, 2.75) is 53.1 Å². The SMILES string of the molecule is CCCNC(=O)C(CC)N(Cc1ccc(Cl)cc1)C(=O)COc1cc(C)ccc1C. The molecule has 2 aromatic carbocycles. The van der Waals surface area contributed by atoms with Crippen LogP contribution < -0.4 is 10.1 Å². The Hall–Kier alpha value is -2.53. The first-order chi connectivity index (χ1) is 14.3. The second kappa shape index (κ2) is 11.6. The van der Waals surface area contributed by atoms with Gasteiger partial charge in [0.05, 0.1) is 0 Å². The highest BCUT2D eigenvalue weighted by Crippen LogP contribution is 2.20. The molecule has 0 heterocycles. The van der Waals surface area contributed by atoms with Crippen LogP contribution in [0.3, 0.4) is 0 Å². The molecule has 0 spiro atoms. The van der Waals surface area contributed by atoms with Crippen molar-refractivity contribution in [3.63, 3.8) is 0 Å². The summed E-state index contributed by atoms with van der Waals surface area (Å²) in [5, 5.41) is 3.54. The largest absolute Gasteiger partial charge is 0.483 e. The molecule has 30 heavy (non-hydrogen) atoms. The summed E-state index contributed by atoms with van der Waals surface area (Å²) >= 11 is 5.99.